The van der Waals surface area contributed by atoms with Crippen molar-refractivity contribution in [1.29, 1.82) is 0 Å². The third kappa shape index (κ3) is 4.44. The molecule has 0 unspecified atom stereocenters. The van der Waals surface area contributed by atoms with E-state index in [2.05, 4.69) is 10.6 Å². The van der Waals surface area contributed by atoms with Crippen LogP contribution in [0.25, 0.3) is 11.3 Å². The van der Waals surface area contributed by atoms with Crippen LogP contribution in [0.1, 0.15) is 9.67 Å². The molecule has 1 heterocycles. The first kappa shape index (κ1) is 18.7. The van der Waals surface area contributed by atoms with Gasteiger partial charge in [-0.3, -0.25) is 4.79 Å². The third-order valence-corrected chi connectivity index (χ3v) is 5.20. The minimum absolute atomic E-state index is 0.212. The van der Waals surface area contributed by atoms with Gasteiger partial charge in [-0.25, -0.2) is 4.98 Å². The molecule has 0 aliphatic heterocycles. The molecule has 0 atom stereocenters. The Hall–Kier alpha value is -3.64. The Kier molecular flexibility index (Phi) is 5.54. The number of para-hydroxylation sites is 1. The van der Waals surface area contributed by atoms with Gasteiger partial charge in [0, 0.05) is 23.0 Å². The van der Waals surface area contributed by atoms with Gasteiger partial charge in [-0.1, -0.05) is 65.9 Å². The zero-order valence-electron chi connectivity index (χ0n) is 15.8. The van der Waals surface area contributed by atoms with Gasteiger partial charge in [-0.15, -0.1) is 0 Å². The Morgan fingerprint density at radius 2 is 1.59 bits per heavy atom. The monoisotopic (exact) mass is 401 g/mol. The number of aromatic nitrogens is 1. The molecular weight excluding hydrogens is 382 g/mol. The maximum Gasteiger partial charge on any atom is 0.268 e. The second kappa shape index (κ2) is 8.58. The molecule has 0 saturated heterocycles. The fraction of sp³-hybridized carbons (Fsp3) is 0.0435. The number of thiazole rings is 1. The summed E-state index contributed by atoms with van der Waals surface area (Å²) in [6, 6.07) is 26.7. The molecule has 0 fully saturated rings. The van der Waals surface area contributed by atoms with E-state index < -0.39 is 0 Å². The van der Waals surface area contributed by atoms with Crippen LogP contribution in [0.15, 0.2) is 84.9 Å². The molecule has 2 N–H and O–H groups in total. The summed E-state index contributed by atoms with van der Waals surface area (Å²) in [5.41, 5.74) is 3.12. The van der Waals surface area contributed by atoms with Crippen LogP contribution >= 0.6 is 11.3 Å². The van der Waals surface area contributed by atoms with Crippen molar-refractivity contribution >= 4 is 33.8 Å². The highest BCUT2D eigenvalue weighted by Gasteiger charge is 2.20. The minimum Gasteiger partial charge on any atom is -0.497 e. The maximum atomic E-state index is 13.1. The van der Waals surface area contributed by atoms with E-state index >= 15 is 0 Å². The van der Waals surface area contributed by atoms with Crippen LogP contribution in [0, 0.1) is 0 Å². The van der Waals surface area contributed by atoms with Crippen LogP contribution in [0.2, 0.25) is 0 Å². The van der Waals surface area contributed by atoms with Gasteiger partial charge in [0.05, 0.1) is 12.8 Å². The summed E-state index contributed by atoms with van der Waals surface area (Å²) >= 11 is 1.32. The molecule has 144 valence electrons. The van der Waals surface area contributed by atoms with Crippen LogP contribution in [0.5, 0.6) is 5.75 Å². The minimum atomic E-state index is -0.212. The van der Waals surface area contributed by atoms with Gasteiger partial charge in [-0.2, -0.15) is 0 Å². The second-order valence-corrected chi connectivity index (χ2v) is 7.24. The van der Waals surface area contributed by atoms with Gasteiger partial charge < -0.3 is 15.4 Å². The SMILES string of the molecule is COc1cccc(NC(=O)c2sc(Nc3ccccc3)nc2-c2ccccc2)c1. The third-order valence-electron chi connectivity index (χ3n) is 4.23. The van der Waals surface area contributed by atoms with Gasteiger partial charge in [0.1, 0.15) is 10.6 Å². The number of hydrogen-bond donors (Lipinski definition) is 2. The molecule has 5 nitrogen and oxygen atoms in total. The van der Waals surface area contributed by atoms with Crippen molar-refractivity contribution in [3.8, 4) is 17.0 Å². The van der Waals surface area contributed by atoms with E-state index in [0.717, 1.165) is 11.3 Å². The van der Waals surface area contributed by atoms with Crippen molar-refractivity contribution < 1.29 is 9.53 Å². The average Bonchev–Trinajstić information content (AvgIpc) is 3.19. The predicted molar refractivity (Wildman–Crippen MR) is 118 cm³/mol. The van der Waals surface area contributed by atoms with Gasteiger partial charge in [0.25, 0.3) is 5.91 Å². The van der Waals surface area contributed by atoms with Crippen LogP contribution < -0.4 is 15.4 Å². The number of benzene rings is 3. The van der Waals surface area contributed by atoms with Gasteiger partial charge in [0.2, 0.25) is 0 Å². The molecule has 1 aromatic heterocycles. The largest absolute Gasteiger partial charge is 0.497 e. The molecule has 0 spiro atoms. The zero-order valence-corrected chi connectivity index (χ0v) is 16.6. The van der Waals surface area contributed by atoms with E-state index in [4.69, 9.17) is 9.72 Å². The summed E-state index contributed by atoms with van der Waals surface area (Å²) in [6.45, 7) is 0. The molecule has 0 radical (unpaired) electrons. The van der Waals surface area contributed by atoms with Gasteiger partial charge >= 0.3 is 0 Å². The average molecular weight is 401 g/mol. The van der Waals surface area contributed by atoms with E-state index in [0.29, 0.717) is 27.1 Å². The molecule has 3 aromatic carbocycles. The summed E-state index contributed by atoms with van der Waals surface area (Å²) < 4.78 is 5.23. The molecule has 4 aromatic rings. The van der Waals surface area contributed by atoms with Crippen LogP contribution in [-0.4, -0.2) is 18.0 Å². The van der Waals surface area contributed by atoms with Crippen LogP contribution in [-0.2, 0) is 0 Å². The molecule has 0 aliphatic carbocycles. The molecule has 0 saturated carbocycles. The van der Waals surface area contributed by atoms with Crippen molar-refractivity contribution in [1.82, 2.24) is 4.98 Å². The zero-order chi connectivity index (χ0) is 20.1. The second-order valence-electron chi connectivity index (χ2n) is 6.24. The standard InChI is InChI=1S/C23H19N3O2S/c1-28-19-14-8-13-18(15-19)24-22(27)21-20(16-9-4-2-5-10-16)26-23(29-21)25-17-11-6-3-7-12-17/h2-15H,1H3,(H,24,27)(H,25,26). The highest BCUT2D eigenvalue weighted by molar-refractivity contribution is 7.18. The first-order valence-electron chi connectivity index (χ1n) is 9.06. The summed E-state index contributed by atoms with van der Waals surface area (Å²) in [7, 11) is 1.60. The maximum absolute atomic E-state index is 13.1. The number of carbonyl (C=O) groups is 1. The number of rotatable bonds is 6. The highest BCUT2D eigenvalue weighted by Crippen LogP contribution is 2.33. The fourth-order valence-electron chi connectivity index (χ4n) is 2.85. The lowest BCUT2D eigenvalue weighted by Gasteiger charge is -2.07. The van der Waals surface area contributed by atoms with Crippen molar-refractivity contribution in [3.05, 3.63) is 89.8 Å². The Labute approximate surface area is 173 Å². The molecule has 0 bridgehead atoms. The predicted octanol–water partition coefficient (Wildman–Crippen LogP) is 5.81. The molecule has 29 heavy (non-hydrogen) atoms. The molecule has 0 aliphatic rings. The topological polar surface area (TPSA) is 63.2 Å². The van der Waals surface area contributed by atoms with Crippen molar-refractivity contribution in [3.63, 3.8) is 0 Å². The first-order valence-corrected chi connectivity index (χ1v) is 9.88. The summed E-state index contributed by atoms with van der Waals surface area (Å²) in [5.74, 6) is 0.470. The lowest BCUT2D eigenvalue weighted by atomic mass is 10.1. The Morgan fingerprint density at radius 3 is 2.31 bits per heavy atom. The smallest absolute Gasteiger partial charge is 0.268 e. The molecule has 1 amide bonds. The molecule has 4 rings (SSSR count). The molecule has 6 heteroatoms. The number of nitrogens with one attached hydrogen (secondary N) is 2. The van der Waals surface area contributed by atoms with Crippen molar-refractivity contribution in [2.45, 2.75) is 0 Å². The normalized spacial score (nSPS) is 10.4. The van der Waals surface area contributed by atoms with Crippen LogP contribution in [0.4, 0.5) is 16.5 Å². The first-order chi connectivity index (χ1) is 14.2. The van der Waals surface area contributed by atoms with E-state index in [9.17, 15) is 4.79 Å². The van der Waals surface area contributed by atoms with E-state index in [1.165, 1.54) is 11.3 Å². The summed E-state index contributed by atoms with van der Waals surface area (Å²) in [6.07, 6.45) is 0. The number of amides is 1. The Bertz CT molecular complexity index is 1110. The number of carbonyl (C=O) groups excluding carboxylic acids is 1. The number of ether oxygens (including phenoxy) is 1. The van der Waals surface area contributed by atoms with Crippen molar-refractivity contribution in [2.75, 3.05) is 17.7 Å². The van der Waals surface area contributed by atoms with Crippen molar-refractivity contribution in [2.24, 2.45) is 0 Å². The Balaban J connectivity index is 1.67. The van der Waals surface area contributed by atoms with Gasteiger partial charge in [0.15, 0.2) is 5.13 Å². The number of methoxy groups -OCH3 is 1. The highest BCUT2D eigenvalue weighted by atomic mass is 32.1. The molecular formula is C23H19N3O2S. The number of hydrogen-bond acceptors (Lipinski definition) is 5. The number of anilines is 3. The quantitative estimate of drug-likeness (QED) is 0.428. The van der Waals surface area contributed by atoms with Gasteiger partial charge in [-0.05, 0) is 24.3 Å². The van der Waals surface area contributed by atoms with E-state index in [1.807, 2.05) is 78.9 Å². The fourth-order valence-corrected chi connectivity index (χ4v) is 3.76. The summed E-state index contributed by atoms with van der Waals surface area (Å²) in [4.78, 5) is 18.3. The Morgan fingerprint density at radius 1 is 0.897 bits per heavy atom. The van der Waals surface area contributed by atoms with E-state index in [1.54, 1.807) is 13.2 Å². The lowest BCUT2D eigenvalue weighted by molar-refractivity contribution is 0.103. The summed E-state index contributed by atoms with van der Waals surface area (Å²) in [5, 5.41) is 6.88. The number of nitrogens with zero attached hydrogens (tertiary/aromatic N) is 1. The van der Waals surface area contributed by atoms with E-state index in [-0.39, 0.29) is 5.91 Å². The van der Waals surface area contributed by atoms with Crippen LogP contribution in [0.3, 0.4) is 0 Å². The lowest BCUT2D eigenvalue weighted by Crippen LogP contribution is -2.11.